The van der Waals surface area contributed by atoms with Crippen LogP contribution in [-0.4, -0.2) is 29.0 Å². The maximum Gasteiger partial charge on any atom is 0.364 e. The fraction of sp³-hybridized carbons (Fsp3) is 0.417. The van der Waals surface area contributed by atoms with Crippen molar-refractivity contribution in [3.8, 4) is 0 Å². The first kappa shape index (κ1) is 14.2. The zero-order chi connectivity index (χ0) is 13.8. The molecule has 1 saturated heterocycles. The lowest BCUT2D eigenvalue weighted by atomic mass is 10.2. The van der Waals surface area contributed by atoms with Gasteiger partial charge in [-0.05, 0) is 47.6 Å². The van der Waals surface area contributed by atoms with Crippen molar-refractivity contribution in [3.63, 3.8) is 0 Å². The monoisotopic (exact) mass is 376 g/mol. The Hall–Kier alpha value is -1.22. The normalized spacial score (nSPS) is 16.1. The zero-order valence-corrected chi connectivity index (χ0v) is 12.3. The van der Waals surface area contributed by atoms with E-state index in [1.165, 1.54) is 12.1 Å². The summed E-state index contributed by atoms with van der Waals surface area (Å²) < 4.78 is 0.707. The number of halogens is 1. The van der Waals surface area contributed by atoms with Crippen LogP contribution in [0, 0.1) is 13.7 Å². The van der Waals surface area contributed by atoms with Gasteiger partial charge in [0.2, 0.25) is 0 Å². The molecule has 0 radical (unpaired) electrons. The summed E-state index contributed by atoms with van der Waals surface area (Å²) in [4.78, 5) is 27.6. The van der Waals surface area contributed by atoms with Gasteiger partial charge >= 0.3 is 5.97 Å². The quantitative estimate of drug-likeness (QED) is 0.461. The molecule has 0 saturated carbocycles. The first-order chi connectivity index (χ1) is 9.08. The molecule has 0 amide bonds. The van der Waals surface area contributed by atoms with Crippen molar-refractivity contribution in [1.29, 1.82) is 0 Å². The Morgan fingerprint density at radius 1 is 1.32 bits per heavy atom. The third-order valence-corrected chi connectivity index (χ3v) is 3.57. The number of nitro groups is 1. The van der Waals surface area contributed by atoms with E-state index >= 15 is 0 Å². The summed E-state index contributed by atoms with van der Waals surface area (Å²) in [6, 6.07) is 4.46. The number of hydroxylamine groups is 2. The van der Waals surface area contributed by atoms with Crippen molar-refractivity contribution in [2.45, 2.75) is 19.3 Å². The van der Waals surface area contributed by atoms with E-state index in [4.69, 9.17) is 4.84 Å². The number of hydrogen-bond acceptors (Lipinski definition) is 5. The zero-order valence-electron chi connectivity index (χ0n) is 10.2. The highest BCUT2D eigenvalue weighted by Crippen LogP contribution is 2.23. The van der Waals surface area contributed by atoms with Crippen molar-refractivity contribution in [3.05, 3.63) is 37.4 Å². The molecule has 1 aliphatic heterocycles. The van der Waals surface area contributed by atoms with E-state index < -0.39 is 10.9 Å². The maximum absolute atomic E-state index is 12.0. The van der Waals surface area contributed by atoms with Crippen molar-refractivity contribution in [1.82, 2.24) is 5.06 Å². The summed E-state index contributed by atoms with van der Waals surface area (Å²) >= 11 is 1.97. The van der Waals surface area contributed by atoms with Crippen LogP contribution in [0.2, 0.25) is 0 Å². The predicted molar refractivity (Wildman–Crippen MR) is 76.7 cm³/mol. The Morgan fingerprint density at radius 2 is 2.00 bits per heavy atom. The smallest absolute Gasteiger partial charge is 0.364 e. The van der Waals surface area contributed by atoms with E-state index in [1.54, 1.807) is 11.1 Å². The molecule has 1 heterocycles. The molecule has 0 spiro atoms. The number of carbonyl (C=O) groups excluding carboxylic acids is 1. The van der Waals surface area contributed by atoms with Gasteiger partial charge in [0.15, 0.2) is 0 Å². The molecule has 19 heavy (non-hydrogen) atoms. The van der Waals surface area contributed by atoms with E-state index in [0.717, 1.165) is 19.3 Å². The van der Waals surface area contributed by atoms with Crippen LogP contribution in [-0.2, 0) is 4.84 Å². The van der Waals surface area contributed by atoms with Gasteiger partial charge in [0.1, 0.15) is 5.56 Å². The largest absolute Gasteiger partial charge is 0.364 e. The second-order valence-corrected chi connectivity index (χ2v) is 5.53. The Bertz CT molecular complexity index is 501. The topological polar surface area (TPSA) is 72.7 Å². The Labute approximate surface area is 124 Å². The fourth-order valence-electron chi connectivity index (χ4n) is 1.95. The highest BCUT2D eigenvalue weighted by molar-refractivity contribution is 14.1. The van der Waals surface area contributed by atoms with Gasteiger partial charge in [-0.3, -0.25) is 10.1 Å². The lowest BCUT2D eigenvalue weighted by Gasteiger charge is -2.24. The summed E-state index contributed by atoms with van der Waals surface area (Å²) in [5.41, 5.74) is -0.218. The SMILES string of the molecule is O=C(ON1CCCCC1)c1ccc(I)cc1[N+](=O)[O-]. The van der Waals surface area contributed by atoms with Crippen LogP contribution in [0.4, 0.5) is 5.69 Å². The van der Waals surface area contributed by atoms with Crippen LogP contribution in [0.25, 0.3) is 0 Å². The molecule has 0 bridgehead atoms. The van der Waals surface area contributed by atoms with Crippen LogP contribution in [0.3, 0.4) is 0 Å². The summed E-state index contributed by atoms with van der Waals surface area (Å²) in [5.74, 6) is -0.662. The molecular weight excluding hydrogens is 363 g/mol. The Morgan fingerprint density at radius 3 is 2.63 bits per heavy atom. The molecule has 0 N–H and O–H groups in total. The molecule has 0 aliphatic carbocycles. The average molecular weight is 376 g/mol. The summed E-state index contributed by atoms with van der Waals surface area (Å²) in [7, 11) is 0. The molecule has 6 nitrogen and oxygen atoms in total. The first-order valence-corrected chi connectivity index (χ1v) is 7.07. The summed E-state index contributed by atoms with van der Waals surface area (Å²) in [6.07, 6.45) is 3.07. The fourth-order valence-corrected chi connectivity index (χ4v) is 2.43. The minimum Gasteiger partial charge on any atom is -0.364 e. The second kappa shape index (κ2) is 6.29. The molecule has 0 aromatic heterocycles. The molecule has 2 rings (SSSR count). The first-order valence-electron chi connectivity index (χ1n) is 5.99. The van der Waals surface area contributed by atoms with Gasteiger partial charge in [-0.15, -0.1) is 5.06 Å². The lowest BCUT2D eigenvalue weighted by Crippen LogP contribution is -2.32. The molecule has 1 aromatic carbocycles. The number of nitrogens with zero attached hydrogens (tertiary/aromatic N) is 2. The van der Waals surface area contributed by atoms with Crippen LogP contribution < -0.4 is 0 Å². The molecule has 0 unspecified atom stereocenters. The van der Waals surface area contributed by atoms with Crippen molar-refractivity contribution < 1.29 is 14.6 Å². The van der Waals surface area contributed by atoms with Gasteiger partial charge in [0.05, 0.1) is 4.92 Å². The molecule has 102 valence electrons. The van der Waals surface area contributed by atoms with Gasteiger partial charge in [-0.25, -0.2) is 4.79 Å². The maximum atomic E-state index is 12.0. The predicted octanol–water partition coefficient (Wildman–Crippen LogP) is 2.76. The van der Waals surface area contributed by atoms with Crippen molar-refractivity contribution in [2.24, 2.45) is 0 Å². The summed E-state index contributed by atoms with van der Waals surface area (Å²) in [6.45, 7) is 1.37. The van der Waals surface area contributed by atoms with Crippen LogP contribution in [0.5, 0.6) is 0 Å². The van der Waals surface area contributed by atoms with Gasteiger partial charge in [0.25, 0.3) is 5.69 Å². The molecule has 7 heteroatoms. The van der Waals surface area contributed by atoms with E-state index in [-0.39, 0.29) is 11.3 Å². The number of piperidine rings is 1. The van der Waals surface area contributed by atoms with Gasteiger partial charge < -0.3 is 4.84 Å². The molecular formula is C12H13IN2O4. The van der Waals surface area contributed by atoms with E-state index in [2.05, 4.69) is 0 Å². The minimum atomic E-state index is -0.662. The van der Waals surface area contributed by atoms with E-state index in [0.29, 0.717) is 16.7 Å². The standard InChI is InChI=1S/C12H13IN2O4/c13-9-4-5-10(11(8-9)15(17)18)12(16)19-14-6-2-1-3-7-14/h4-5,8H,1-3,6-7H2. The van der Waals surface area contributed by atoms with Crippen molar-refractivity contribution >= 4 is 34.2 Å². The number of nitro benzene ring substituents is 1. The average Bonchev–Trinajstić information content (AvgIpc) is 2.39. The Balaban J connectivity index is 2.16. The Kier molecular flexibility index (Phi) is 4.70. The highest BCUT2D eigenvalue weighted by Gasteiger charge is 2.24. The third-order valence-electron chi connectivity index (χ3n) is 2.90. The number of hydrogen-bond donors (Lipinski definition) is 0. The van der Waals surface area contributed by atoms with Crippen LogP contribution in [0.1, 0.15) is 29.6 Å². The highest BCUT2D eigenvalue weighted by atomic mass is 127. The van der Waals surface area contributed by atoms with Crippen molar-refractivity contribution in [2.75, 3.05) is 13.1 Å². The molecule has 1 fully saturated rings. The van der Waals surface area contributed by atoms with E-state index in [1.807, 2.05) is 22.6 Å². The van der Waals surface area contributed by atoms with Gasteiger partial charge in [-0.1, -0.05) is 6.42 Å². The van der Waals surface area contributed by atoms with E-state index in [9.17, 15) is 14.9 Å². The number of carbonyl (C=O) groups is 1. The minimum absolute atomic E-state index is 0.00371. The van der Waals surface area contributed by atoms with Gasteiger partial charge in [-0.2, -0.15) is 0 Å². The number of rotatable bonds is 3. The van der Waals surface area contributed by atoms with Gasteiger partial charge in [0, 0.05) is 22.7 Å². The van der Waals surface area contributed by atoms with Crippen LogP contribution in [0.15, 0.2) is 18.2 Å². The molecule has 1 aromatic rings. The summed E-state index contributed by atoms with van der Waals surface area (Å²) in [5, 5.41) is 12.5. The molecule has 1 aliphatic rings. The lowest BCUT2D eigenvalue weighted by molar-refractivity contribution is -0.385. The third kappa shape index (κ3) is 3.63. The number of benzene rings is 1. The molecule has 0 atom stereocenters. The second-order valence-electron chi connectivity index (χ2n) is 4.29. The van der Waals surface area contributed by atoms with Crippen LogP contribution >= 0.6 is 22.6 Å².